The fourth-order valence-electron chi connectivity index (χ4n) is 2.54. The fraction of sp³-hybridized carbons (Fsp3) is 0.533. The molecule has 1 aliphatic rings. The number of likely N-dealkylation sites (tertiary alicyclic amines) is 1. The highest BCUT2D eigenvalue weighted by atomic mass is 16.5. The summed E-state index contributed by atoms with van der Waals surface area (Å²) in [5.74, 6) is 0.447. The van der Waals surface area contributed by atoms with Crippen molar-refractivity contribution in [2.24, 2.45) is 0 Å². The van der Waals surface area contributed by atoms with Gasteiger partial charge in [-0.1, -0.05) is 0 Å². The van der Waals surface area contributed by atoms with E-state index in [2.05, 4.69) is 4.90 Å². The zero-order valence-corrected chi connectivity index (χ0v) is 12.3. The first kappa shape index (κ1) is 14.7. The van der Waals surface area contributed by atoms with Crippen molar-refractivity contribution in [2.45, 2.75) is 18.9 Å². The van der Waals surface area contributed by atoms with Gasteiger partial charge in [-0.25, -0.2) is 0 Å². The van der Waals surface area contributed by atoms with Crippen LogP contribution in [-0.4, -0.2) is 61.2 Å². The molecular weight excluding hydrogens is 256 g/mol. The Morgan fingerprint density at radius 2 is 2.20 bits per heavy atom. The normalized spacial score (nSPS) is 19.2. The van der Waals surface area contributed by atoms with Crippen LogP contribution in [0.15, 0.2) is 18.2 Å². The van der Waals surface area contributed by atoms with E-state index in [-0.39, 0.29) is 11.7 Å². The van der Waals surface area contributed by atoms with E-state index in [4.69, 9.17) is 4.74 Å². The van der Waals surface area contributed by atoms with Crippen molar-refractivity contribution in [1.82, 2.24) is 9.80 Å². The molecule has 0 saturated carbocycles. The third kappa shape index (κ3) is 3.04. The number of piperidine rings is 1. The summed E-state index contributed by atoms with van der Waals surface area (Å²) in [5.41, 5.74) is 0.309. The lowest BCUT2D eigenvalue weighted by molar-refractivity contribution is 0.0632. The highest BCUT2D eigenvalue weighted by Gasteiger charge is 2.27. The number of carbonyl (C=O) groups is 1. The Morgan fingerprint density at radius 1 is 1.45 bits per heavy atom. The van der Waals surface area contributed by atoms with E-state index in [1.807, 2.05) is 19.0 Å². The summed E-state index contributed by atoms with van der Waals surface area (Å²) >= 11 is 0. The average molecular weight is 278 g/mol. The number of phenolic OH excluding ortho intramolecular Hbond substituents is 1. The van der Waals surface area contributed by atoms with Gasteiger partial charge in [0.25, 0.3) is 5.91 Å². The molecule has 1 unspecified atom stereocenters. The van der Waals surface area contributed by atoms with E-state index in [0.29, 0.717) is 23.9 Å². The van der Waals surface area contributed by atoms with Gasteiger partial charge in [-0.05, 0) is 45.1 Å². The molecule has 1 heterocycles. The second-order valence-electron chi connectivity index (χ2n) is 5.39. The standard InChI is InChI=1S/C15H22N2O3/c1-16(2)11-5-4-8-17(10-11)15(19)13-9-12(20-3)6-7-14(13)18/h6-7,9,11,18H,4-5,8,10H2,1-3H3. The maximum atomic E-state index is 12.5. The Hall–Kier alpha value is -1.75. The van der Waals surface area contributed by atoms with Crippen LogP contribution in [0.2, 0.25) is 0 Å². The van der Waals surface area contributed by atoms with Crippen LogP contribution in [-0.2, 0) is 0 Å². The van der Waals surface area contributed by atoms with Crippen LogP contribution in [0.3, 0.4) is 0 Å². The predicted octanol–water partition coefficient (Wildman–Crippen LogP) is 1.57. The highest BCUT2D eigenvalue weighted by Crippen LogP contribution is 2.25. The van der Waals surface area contributed by atoms with Crippen LogP contribution in [0.4, 0.5) is 0 Å². The Bertz CT molecular complexity index is 488. The van der Waals surface area contributed by atoms with E-state index in [9.17, 15) is 9.90 Å². The molecule has 1 aromatic rings. The molecule has 0 bridgehead atoms. The number of amides is 1. The Labute approximate surface area is 119 Å². The smallest absolute Gasteiger partial charge is 0.257 e. The van der Waals surface area contributed by atoms with Crippen LogP contribution in [0.25, 0.3) is 0 Å². The third-order valence-electron chi connectivity index (χ3n) is 3.85. The summed E-state index contributed by atoms with van der Waals surface area (Å²) in [7, 11) is 5.60. The minimum atomic E-state index is -0.132. The molecule has 1 N–H and O–H groups in total. The van der Waals surface area contributed by atoms with Gasteiger partial charge >= 0.3 is 0 Å². The fourth-order valence-corrected chi connectivity index (χ4v) is 2.54. The number of rotatable bonds is 3. The summed E-state index contributed by atoms with van der Waals surface area (Å²) in [6.45, 7) is 1.43. The van der Waals surface area contributed by atoms with Gasteiger partial charge in [-0.2, -0.15) is 0 Å². The van der Waals surface area contributed by atoms with Gasteiger partial charge in [0.2, 0.25) is 0 Å². The van der Waals surface area contributed by atoms with E-state index in [0.717, 1.165) is 19.4 Å². The molecule has 0 aromatic heterocycles. The quantitative estimate of drug-likeness (QED) is 0.912. The molecule has 5 nitrogen and oxygen atoms in total. The summed E-state index contributed by atoms with van der Waals surface area (Å²) in [6.07, 6.45) is 2.08. The first-order valence-corrected chi connectivity index (χ1v) is 6.85. The van der Waals surface area contributed by atoms with E-state index in [1.165, 1.54) is 6.07 Å². The molecular formula is C15H22N2O3. The van der Waals surface area contributed by atoms with Gasteiger partial charge in [0, 0.05) is 19.1 Å². The third-order valence-corrected chi connectivity index (χ3v) is 3.85. The van der Waals surface area contributed by atoms with Crippen LogP contribution < -0.4 is 4.74 Å². The van der Waals surface area contributed by atoms with Crippen LogP contribution >= 0.6 is 0 Å². The average Bonchev–Trinajstić information content (AvgIpc) is 2.47. The molecule has 1 saturated heterocycles. The molecule has 2 rings (SSSR count). The molecule has 0 spiro atoms. The number of methoxy groups -OCH3 is 1. The molecule has 1 aromatic carbocycles. The number of carbonyl (C=O) groups excluding carboxylic acids is 1. The Morgan fingerprint density at radius 3 is 2.85 bits per heavy atom. The zero-order chi connectivity index (χ0) is 14.7. The maximum absolute atomic E-state index is 12.5. The first-order chi connectivity index (χ1) is 9.52. The number of hydrogen-bond donors (Lipinski definition) is 1. The number of hydrogen-bond acceptors (Lipinski definition) is 4. The Balaban J connectivity index is 2.18. The predicted molar refractivity (Wildman–Crippen MR) is 77.3 cm³/mol. The van der Waals surface area contributed by atoms with Crippen molar-refractivity contribution in [3.63, 3.8) is 0 Å². The lowest BCUT2D eigenvalue weighted by Crippen LogP contribution is -2.47. The largest absolute Gasteiger partial charge is 0.507 e. The van der Waals surface area contributed by atoms with Crippen molar-refractivity contribution in [2.75, 3.05) is 34.3 Å². The number of ether oxygens (including phenoxy) is 1. The number of nitrogens with zero attached hydrogens (tertiary/aromatic N) is 2. The molecule has 0 aliphatic carbocycles. The van der Waals surface area contributed by atoms with Gasteiger partial charge in [0.05, 0.1) is 12.7 Å². The zero-order valence-electron chi connectivity index (χ0n) is 12.3. The van der Waals surface area contributed by atoms with Crippen LogP contribution in [0.1, 0.15) is 23.2 Å². The van der Waals surface area contributed by atoms with E-state index in [1.54, 1.807) is 19.2 Å². The summed E-state index contributed by atoms with van der Waals surface area (Å²) in [5, 5.41) is 9.89. The molecule has 20 heavy (non-hydrogen) atoms. The molecule has 1 fully saturated rings. The van der Waals surface area contributed by atoms with Crippen LogP contribution in [0.5, 0.6) is 11.5 Å². The monoisotopic (exact) mass is 278 g/mol. The second kappa shape index (κ2) is 6.13. The summed E-state index contributed by atoms with van der Waals surface area (Å²) in [6, 6.07) is 5.11. The van der Waals surface area contributed by atoms with E-state index < -0.39 is 0 Å². The van der Waals surface area contributed by atoms with Gasteiger partial charge < -0.3 is 19.6 Å². The number of aromatic hydroxyl groups is 1. The van der Waals surface area contributed by atoms with Gasteiger partial charge in [-0.3, -0.25) is 4.79 Å². The van der Waals surface area contributed by atoms with Gasteiger partial charge in [0.1, 0.15) is 11.5 Å². The van der Waals surface area contributed by atoms with Crippen molar-refractivity contribution >= 4 is 5.91 Å². The number of phenols is 1. The van der Waals surface area contributed by atoms with E-state index >= 15 is 0 Å². The molecule has 1 aliphatic heterocycles. The maximum Gasteiger partial charge on any atom is 0.257 e. The van der Waals surface area contributed by atoms with Crippen LogP contribution in [0, 0.1) is 0 Å². The molecule has 0 radical (unpaired) electrons. The summed E-state index contributed by atoms with van der Waals surface area (Å²) in [4.78, 5) is 16.5. The number of benzene rings is 1. The second-order valence-corrected chi connectivity index (χ2v) is 5.39. The van der Waals surface area contributed by atoms with Gasteiger partial charge in [-0.15, -0.1) is 0 Å². The topological polar surface area (TPSA) is 53.0 Å². The molecule has 1 amide bonds. The first-order valence-electron chi connectivity index (χ1n) is 6.85. The lowest BCUT2D eigenvalue weighted by Gasteiger charge is -2.36. The summed E-state index contributed by atoms with van der Waals surface area (Å²) < 4.78 is 5.12. The van der Waals surface area contributed by atoms with Gasteiger partial charge in [0.15, 0.2) is 0 Å². The number of likely N-dealkylation sites (N-methyl/N-ethyl adjacent to an activating group) is 1. The molecule has 1 atom stereocenters. The van der Waals surface area contributed by atoms with Crippen molar-refractivity contribution in [1.29, 1.82) is 0 Å². The van der Waals surface area contributed by atoms with Crippen molar-refractivity contribution in [3.8, 4) is 11.5 Å². The van der Waals surface area contributed by atoms with Crippen molar-refractivity contribution < 1.29 is 14.6 Å². The minimum absolute atomic E-state index is 0.00257. The minimum Gasteiger partial charge on any atom is -0.507 e. The highest BCUT2D eigenvalue weighted by molar-refractivity contribution is 5.97. The SMILES string of the molecule is COc1ccc(O)c(C(=O)N2CCCC(N(C)C)C2)c1. The molecule has 5 heteroatoms. The molecule has 110 valence electrons. The Kier molecular flexibility index (Phi) is 4.49. The van der Waals surface area contributed by atoms with Crippen molar-refractivity contribution in [3.05, 3.63) is 23.8 Å². The lowest BCUT2D eigenvalue weighted by atomic mass is 10.0.